The third-order valence-electron chi connectivity index (χ3n) is 4.65. The molecule has 1 aliphatic rings. The molecular weight excluding hydrogens is 350 g/mol. The molecule has 0 aliphatic heterocycles. The first kappa shape index (κ1) is 18.1. The molecule has 0 radical (unpaired) electrons. The van der Waals surface area contributed by atoms with E-state index in [1.54, 1.807) is 22.7 Å². The topological polar surface area (TPSA) is 56.1 Å². The van der Waals surface area contributed by atoms with Crippen LogP contribution >= 0.6 is 22.7 Å². The number of likely N-dealkylation sites (N-methyl/N-ethyl adjacent to an activating group) is 1. The lowest BCUT2D eigenvalue weighted by atomic mass is 9.89. The first-order valence-electron chi connectivity index (χ1n) is 8.69. The van der Waals surface area contributed by atoms with Crippen LogP contribution in [0.2, 0.25) is 0 Å². The fourth-order valence-electron chi connectivity index (χ4n) is 3.23. The molecule has 4 nitrogen and oxygen atoms in total. The third-order valence-corrected chi connectivity index (χ3v) is 6.68. The molecule has 0 bridgehead atoms. The average molecular weight is 374 g/mol. The van der Waals surface area contributed by atoms with Gasteiger partial charge in [0.25, 0.3) is 0 Å². The number of nitriles is 1. The van der Waals surface area contributed by atoms with Gasteiger partial charge in [0.2, 0.25) is 5.91 Å². The monoisotopic (exact) mass is 373 g/mol. The maximum atomic E-state index is 12.5. The largest absolute Gasteiger partial charge is 0.315 e. The van der Waals surface area contributed by atoms with Crippen molar-refractivity contribution in [3.05, 3.63) is 38.4 Å². The number of nitrogens with zero attached hydrogens (tertiary/aromatic N) is 2. The summed E-state index contributed by atoms with van der Waals surface area (Å²) in [5.41, 5.74) is 1.84. The summed E-state index contributed by atoms with van der Waals surface area (Å²) in [4.78, 5) is 17.1. The number of hydrogen-bond donors (Lipinski definition) is 1. The van der Waals surface area contributed by atoms with Crippen molar-refractivity contribution in [1.29, 1.82) is 5.26 Å². The third kappa shape index (κ3) is 4.30. The van der Waals surface area contributed by atoms with Crippen molar-refractivity contribution in [2.45, 2.75) is 39.7 Å². The Morgan fingerprint density at radius 1 is 1.52 bits per heavy atom. The minimum Gasteiger partial charge on any atom is -0.315 e. The van der Waals surface area contributed by atoms with Crippen molar-refractivity contribution in [2.75, 3.05) is 18.4 Å². The highest BCUT2D eigenvalue weighted by molar-refractivity contribution is 7.16. The summed E-state index contributed by atoms with van der Waals surface area (Å²) in [5.74, 6) is 0.615. The normalized spacial score (nSPS) is 16.5. The Balaban J connectivity index is 1.67. The van der Waals surface area contributed by atoms with Crippen molar-refractivity contribution < 1.29 is 4.79 Å². The van der Waals surface area contributed by atoms with E-state index in [1.807, 2.05) is 6.07 Å². The highest BCUT2D eigenvalue weighted by atomic mass is 32.1. The van der Waals surface area contributed by atoms with Gasteiger partial charge in [-0.25, -0.2) is 0 Å². The number of hydrogen-bond acceptors (Lipinski definition) is 5. The maximum absolute atomic E-state index is 12.5. The fraction of sp³-hybridized carbons (Fsp3) is 0.474. The van der Waals surface area contributed by atoms with Gasteiger partial charge < -0.3 is 5.32 Å². The van der Waals surface area contributed by atoms with Crippen molar-refractivity contribution in [1.82, 2.24) is 4.90 Å². The Kier molecular flexibility index (Phi) is 5.89. The molecule has 0 fully saturated rings. The predicted molar refractivity (Wildman–Crippen MR) is 104 cm³/mol. The van der Waals surface area contributed by atoms with Crippen molar-refractivity contribution in [3.8, 4) is 6.07 Å². The molecule has 1 amide bonds. The summed E-state index contributed by atoms with van der Waals surface area (Å²) in [6.07, 6.45) is 3.09. The van der Waals surface area contributed by atoms with Gasteiger partial charge in [-0.3, -0.25) is 9.69 Å². The second-order valence-corrected chi connectivity index (χ2v) is 8.74. The SMILES string of the molecule is CCN(CC(=O)Nc1sc2c(c1C#N)CC[C@H](C)C2)Cc1cccs1. The zero-order valence-corrected chi connectivity index (χ0v) is 16.3. The molecule has 0 spiro atoms. The highest BCUT2D eigenvalue weighted by Gasteiger charge is 2.24. The molecule has 1 aliphatic carbocycles. The highest BCUT2D eigenvalue weighted by Crippen LogP contribution is 2.39. The maximum Gasteiger partial charge on any atom is 0.239 e. The Bertz CT molecular complexity index is 773. The number of nitrogens with one attached hydrogen (secondary N) is 1. The van der Waals surface area contributed by atoms with Gasteiger partial charge in [0.05, 0.1) is 12.1 Å². The predicted octanol–water partition coefficient (Wildman–Crippen LogP) is 4.27. The molecular formula is C19H23N3OS2. The van der Waals surface area contributed by atoms with Crippen LogP contribution in [-0.2, 0) is 24.2 Å². The lowest BCUT2D eigenvalue weighted by molar-refractivity contribution is -0.117. The molecule has 2 aromatic heterocycles. The molecule has 6 heteroatoms. The smallest absolute Gasteiger partial charge is 0.239 e. The standard InChI is InChI=1S/C19H23N3OS2/c1-3-22(11-14-5-4-8-24-14)12-18(23)21-19-16(10-20)15-7-6-13(2)9-17(15)25-19/h4-5,8,13H,3,6-7,9,11-12H2,1-2H3,(H,21,23)/t13-/m0/s1. The first-order chi connectivity index (χ1) is 12.1. The summed E-state index contributed by atoms with van der Waals surface area (Å²) in [5, 5.41) is 15.3. The van der Waals surface area contributed by atoms with Crippen molar-refractivity contribution >= 4 is 33.6 Å². The molecule has 0 unspecified atom stereocenters. The average Bonchev–Trinajstić information content (AvgIpc) is 3.20. The minimum atomic E-state index is -0.0402. The van der Waals surface area contributed by atoms with Gasteiger partial charge in [0.1, 0.15) is 11.1 Å². The van der Waals surface area contributed by atoms with E-state index in [1.165, 1.54) is 9.75 Å². The van der Waals surface area contributed by atoms with E-state index < -0.39 is 0 Å². The summed E-state index contributed by atoms with van der Waals surface area (Å²) in [6, 6.07) is 6.43. The lowest BCUT2D eigenvalue weighted by Crippen LogP contribution is -2.32. The number of carbonyl (C=O) groups excluding carboxylic acids is 1. The number of anilines is 1. The van der Waals surface area contributed by atoms with Gasteiger partial charge in [-0.1, -0.05) is 19.9 Å². The van der Waals surface area contributed by atoms with E-state index in [9.17, 15) is 10.1 Å². The number of rotatable bonds is 6. The van der Waals surface area contributed by atoms with E-state index >= 15 is 0 Å². The Labute approximate surface area is 157 Å². The molecule has 132 valence electrons. The van der Waals surface area contributed by atoms with E-state index in [4.69, 9.17) is 0 Å². The van der Waals surface area contributed by atoms with Crippen LogP contribution in [0.1, 0.15) is 41.1 Å². The molecule has 25 heavy (non-hydrogen) atoms. The second kappa shape index (κ2) is 8.13. The molecule has 0 aromatic carbocycles. The van der Waals surface area contributed by atoms with E-state index in [-0.39, 0.29) is 5.91 Å². The summed E-state index contributed by atoms with van der Waals surface area (Å²) in [7, 11) is 0. The molecule has 2 heterocycles. The van der Waals surface area contributed by atoms with Crippen LogP contribution in [-0.4, -0.2) is 23.9 Å². The number of amides is 1. The Morgan fingerprint density at radius 2 is 2.36 bits per heavy atom. The zero-order valence-electron chi connectivity index (χ0n) is 14.7. The fourth-order valence-corrected chi connectivity index (χ4v) is 5.35. The van der Waals surface area contributed by atoms with Crippen LogP contribution in [0.25, 0.3) is 0 Å². The molecule has 2 aromatic rings. The van der Waals surface area contributed by atoms with E-state index in [2.05, 4.69) is 41.6 Å². The second-order valence-electron chi connectivity index (χ2n) is 6.60. The summed E-state index contributed by atoms with van der Waals surface area (Å²) >= 11 is 3.30. The van der Waals surface area contributed by atoms with Crippen LogP contribution in [0.15, 0.2) is 17.5 Å². The molecule has 1 atom stereocenters. The Hall–Kier alpha value is -1.68. The van der Waals surface area contributed by atoms with E-state index in [0.29, 0.717) is 18.0 Å². The zero-order chi connectivity index (χ0) is 17.8. The minimum absolute atomic E-state index is 0.0402. The van der Waals surface area contributed by atoms with Gasteiger partial charge in [-0.15, -0.1) is 22.7 Å². The summed E-state index contributed by atoms with van der Waals surface area (Å²) in [6.45, 7) is 6.25. The van der Waals surface area contributed by atoms with Crippen LogP contribution in [0, 0.1) is 17.2 Å². The Morgan fingerprint density at radius 3 is 3.04 bits per heavy atom. The van der Waals surface area contributed by atoms with Crippen LogP contribution in [0.4, 0.5) is 5.00 Å². The molecule has 3 rings (SSSR count). The number of thiophene rings is 2. The van der Waals surface area contributed by atoms with E-state index in [0.717, 1.165) is 42.9 Å². The summed E-state index contributed by atoms with van der Waals surface area (Å²) < 4.78 is 0. The van der Waals surface area contributed by atoms with Gasteiger partial charge in [0, 0.05) is 16.3 Å². The number of fused-ring (bicyclic) bond motifs is 1. The lowest BCUT2D eigenvalue weighted by Gasteiger charge is -2.18. The van der Waals surface area contributed by atoms with Crippen LogP contribution < -0.4 is 5.32 Å². The van der Waals surface area contributed by atoms with Crippen LogP contribution in [0.3, 0.4) is 0 Å². The first-order valence-corrected chi connectivity index (χ1v) is 10.4. The molecule has 0 saturated carbocycles. The van der Waals surface area contributed by atoms with Gasteiger partial charge >= 0.3 is 0 Å². The quantitative estimate of drug-likeness (QED) is 0.823. The molecule has 1 N–H and O–H groups in total. The van der Waals surface area contributed by atoms with Gasteiger partial charge in [-0.2, -0.15) is 5.26 Å². The molecule has 0 saturated heterocycles. The van der Waals surface area contributed by atoms with Crippen LogP contribution in [0.5, 0.6) is 0 Å². The van der Waals surface area contributed by atoms with Gasteiger partial charge in [0.15, 0.2) is 0 Å². The van der Waals surface area contributed by atoms with Gasteiger partial charge in [-0.05, 0) is 48.7 Å². The number of carbonyl (C=O) groups is 1. The van der Waals surface area contributed by atoms with Crippen molar-refractivity contribution in [3.63, 3.8) is 0 Å². The van der Waals surface area contributed by atoms with Crippen molar-refractivity contribution in [2.24, 2.45) is 5.92 Å².